The third kappa shape index (κ3) is 5.11. The lowest BCUT2D eigenvalue weighted by Gasteiger charge is -2.42. The maximum absolute atomic E-state index is 12.6. The van der Waals surface area contributed by atoms with E-state index in [1.165, 1.54) is 31.2 Å². The quantitative estimate of drug-likeness (QED) is 0.683. The van der Waals surface area contributed by atoms with Crippen LogP contribution >= 0.6 is 0 Å². The first kappa shape index (κ1) is 19.4. The summed E-state index contributed by atoms with van der Waals surface area (Å²) in [7, 11) is 0. The summed E-state index contributed by atoms with van der Waals surface area (Å²) in [6.07, 6.45) is 6.66. The molecule has 1 saturated heterocycles. The monoisotopic (exact) mass is 385 g/mol. The molecule has 2 saturated carbocycles. The molecule has 0 bridgehead atoms. The molecule has 0 radical (unpaired) electrons. The van der Waals surface area contributed by atoms with Crippen LogP contribution in [0.2, 0.25) is 0 Å². The van der Waals surface area contributed by atoms with Gasteiger partial charge in [-0.2, -0.15) is 0 Å². The number of carbonyl (C=O) groups excluding carboxylic acids is 1. The van der Waals surface area contributed by atoms with Gasteiger partial charge < -0.3 is 10.4 Å². The fraction of sp³-hybridized carbons (Fsp3) is 0.636. The first-order chi connectivity index (χ1) is 13.6. The zero-order valence-electron chi connectivity index (χ0n) is 16.5. The van der Waals surface area contributed by atoms with Crippen molar-refractivity contribution in [2.45, 2.75) is 57.2 Å². The lowest BCUT2D eigenvalue weighted by Crippen LogP contribution is -2.55. The lowest BCUT2D eigenvalue weighted by molar-refractivity contribution is -0.139. The minimum atomic E-state index is -0.761. The molecule has 152 valence electrons. The summed E-state index contributed by atoms with van der Waals surface area (Å²) in [5, 5.41) is 12.3. The summed E-state index contributed by atoms with van der Waals surface area (Å²) < 4.78 is 0. The predicted molar refractivity (Wildman–Crippen MR) is 107 cm³/mol. The molecule has 0 atom stereocenters. The summed E-state index contributed by atoms with van der Waals surface area (Å²) >= 11 is 0. The highest BCUT2D eigenvalue weighted by Gasteiger charge is 2.37. The Morgan fingerprint density at radius 1 is 1.18 bits per heavy atom. The van der Waals surface area contributed by atoms with Gasteiger partial charge in [0, 0.05) is 30.7 Å². The molecule has 1 aromatic carbocycles. The highest BCUT2D eigenvalue weighted by Crippen LogP contribution is 2.33. The molecule has 1 aliphatic heterocycles. The maximum atomic E-state index is 12.6. The second kappa shape index (κ2) is 8.62. The Bertz CT molecular complexity index is 707. The molecule has 2 aliphatic carbocycles. The van der Waals surface area contributed by atoms with Gasteiger partial charge >= 0.3 is 5.97 Å². The van der Waals surface area contributed by atoms with Crippen LogP contribution in [0.5, 0.6) is 0 Å². The Labute approximate surface area is 166 Å². The number of carboxylic acid groups (broad SMARTS) is 1. The number of hydrogen-bond donors (Lipinski definition) is 2. The molecular weight excluding hydrogens is 354 g/mol. The van der Waals surface area contributed by atoms with Crippen LogP contribution in [0.4, 0.5) is 0 Å². The van der Waals surface area contributed by atoms with Crippen molar-refractivity contribution in [2.24, 2.45) is 5.92 Å². The third-order valence-electron chi connectivity index (χ3n) is 6.29. The smallest absolute Gasteiger partial charge is 0.317 e. The summed E-state index contributed by atoms with van der Waals surface area (Å²) in [5.41, 5.74) is 1.92. The largest absolute Gasteiger partial charge is 0.480 e. The molecule has 6 nitrogen and oxygen atoms in total. The number of likely N-dealkylation sites (tertiary alicyclic amines) is 1. The molecule has 1 heterocycles. The van der Waals surface area contributed by atoms with Gasteiger partial charge in [-0.25, -0.2) is 0 Å². The summed E-state index contributed by atoms with van der Waals surface area (Å²) in [6, 6.07) is 8.37. The number of amides is 1. The van der Waals surface area contributed by atoms with Gasteiger partial charge in [0.25, 0.3) is 5.91 Å². The summed E-state index contributed by atoms with van der Waals surface area (Å²) in [4.78, 5) is 28.3. The van der Waals surface area contributed by atoms with Crippen molar-refractivity contribution in [3.63, 3.8) is 0 Å². The van der Waals surface area contributed by atoms with E-state index < -0.39 is 5.97 Å². The first-order valence-corrected chi connectivity index (χ1v) is 10.6. The van der Waals surface area contributed by atoms with Crippen molar-refractivity contribution in [1.29, 1.82) is 0 Å². The molecule has 1 amide bonds. The molecular formula is C22H31N3O3. The lowest BCUT2D eigenvalue weighted by atomic mass is 9.85. The van der Waals surface area contributed by atoms with E-state index >= 15 is 0 Å². The molecule has 0 unspecified atom stereocenters. The Balaban J connectivity index is 1.27. The topological polar surface area (TPSA) is 72.9 Å². The number of aliphatic carboxylic acids is 1. The van der Waals surface area contributed by atoms with Gasteiger partial charge in [0.05, 0.1) is 6.54 Å². The van der Waals surface area contributed by atoms with Gasteiger partial charge in [-0.15, -0.1) is 0 Å². The summed E-state index contributed by atoms with van der Waals surface area (Å²) in [6.45, 7) is 4.20. The van der Waals surface area contributed by atoms with Crippen LogP contribution in [0.1, 0.15) is 54.4 Å². The standard InChI is InChI=1S/C22H31N3O3/c26-21(27)15-25(14-16-6-7-16)20-11-19(12-20)23-22(28)18-5-3-4-17(10-18)13-24-8-1-2-9-24/h3-5,10,16,19-20H,1-2,6-9,11-15H2,(H,23,28)(H,26,27). The number of nitrogens with zero attached hydrogens (tertiary/aromatic N) is 2. The van der Waals surface area contributed by atoms with Gasteiger partial charge in [-0.1, -0.05) is 12.1 Å². The second-order valence-electron chi connectivity index (χ2n) is 8.75. The minimum Gasteiger partial charge on any atom is -0.480 e. The molecule has 0 aromatic heterocycles. The van der Waals surface area contributed by atoms with Gasteiger partial charge in [0.15, 0.2) is 0 Å². The second-order valence-corrected chi connectivity index (χ2v) is 8.75. The highest BCUT2D eigenvalue weighted by atomic mass is 16.4. The van der Waals surface area contributed by atoms with Gasteiger partial charge in [-0.05, 0) is 75.2 Å². The maximum Gasteiger partial charge on any atom is 0.317 e. The Hall–Kier alpha value is -1.92. The van der Waals surface area contributed by atoms with E-state index in [9.17, 15) is 9.59 Å². The van der Waals surface area contributed by atoms with E-state index in [1.54, 1.807) is 0 Å². The van der Waals surface area contributed by atoms with Crippen LogP contribution in [-0.2, 0) is 11.3 Å². The molecule has 4 rings (SSSR count). The van der Waals surface area contributed by atoms with Gasteiger partial charge in [0.2, 0.25) is 0 Å². The van der Waals surface area contributed by atoms with E-state index in [2.05, 4.69) is 21.2 Å². The molecule has 2 N–H and O–H groups in total. The van der Waals surface area contributed by atoms with Crippen LogP contribution in [0.25, 0.3) is 0 Å². The third-order valence-corrected chi connectivity index (χ3v) is 6.29. The normalized spacial score (nSPS) is 24.9. The Kier molecular flexibility index (Phi) is 5.97. The number of rotatable bonds is 9. The van der Waals surface area contributed by atoms with Crippen molar-refractivity contribution < 1.29 is 14.7 Å². The molecule has 1 aromatic rings. The van der Waals surface area contributed by atoms with Crippen LogP contribution in [0, 0.1) is 5.92 Å². The molecule has 0 spiro atoms. The Morgan fingerprint density at radius 2 is 1.93 bits per heavy atom. The molecule has 3 fully saturated rings. The van der Waals surface area contributed by atoms with Gasteiger partial charge in [0.1, 0.15) is 0 Å². The zero-order chi connectivity index (χ0) is 19.5. The van der Waals surface area contributed by atoms with Crippen LogP contribution in [0.15, 0.2) is 24.3 Å². The number of hydrogen-bond acceptors (Lipinski definition) is 4. The zero-order valence-corrected chi connectivity index (χ0v) is 16.5. The number of carboxylic acids is 1. The molecule has 28 heavy (non-hydrogen) atoms. The fourth-order valence-electron chi connectivity index (χ4n) is 4.43. The summed E-state index contributed by atoms with van der Waals surface area (Å²) in [5.74, 6) is -0.104. The van der Waals surface area contributed by atoms with E-state index in [-0.39, 0.29) is 24.5 Å². The molecule has 6 heteroatoms. The highest BCUT2D eigenvalue weighted by molar-refractivity contribution is 5.94. The fourth-order valence-corrected chi connectivity index (χ4v) is 4.43. The molecule has 3 aliphatic rings. The van der Waals surface area contributed by atoms with E-state index in [0.717, 1.165) is 44.6 Å². The first-order valence-electron chi connectivity index (χ1n) is 10.6. The van der Waals surface area contributed by atoms with Crippen molar-refractivity contribution >= 4 is 11.9 Å². The predicted octanol–water partition coefficient (Wildman–Crippen LogP) is 2.34. The number of carbonyl (C=O) groups is 2. The van der Waals surface area contributed by atoms with Crippen molar-refractivity contribution in [3.05, 3.63) is 35.4 Å². The average Bonchev–Trinajstić information content (AvgIpc) is 3.30. The van der Waals surface area contributed by atoms with Gasteiger partial charge in [-0.3, -0.25) is 19.4 Å². The van der Waals surface area contributed by atoms with Crippen LogP contribution < -0.4 is 5.32 Å². The van der Waals surface area contributed by atoms with Crippen molar-refractivity contribution in [3.8, 4) is 0 Å². The van der Waals surface area contributed by atoms with E-state index in [0.29, 0.717) is 5.92 Å². The number of benzene rings is 1. The van der Waals surface area contributed by atoms with Crippen molar-refractivity contribution in [1.82, 2.24) is 15.1 Å². The Morgan fingerprint density at radius 3 is 2.61 bits per heavy atom. The van der Waals surface area contributed by atoms with E-state index in [1.807, 2.05) is 18.2 Å². The van der Waals surface area contributed by atoms with Crippen LogP contribution in [-0.4, -0.2) is 65.0 Å². The van der Waals surface area contributed by atoms with Crippen LogP contribution in [0.3, 0.4) is 0 Å². The average molecular weight is 386 g/mol. The van der Waals surface area contributed by atoms with Crippen molar-refractivity contribution in [2.75, 3.05) is 26.2 Å². The SMILES string of the molecule is O=C(O)CN(CC1CC1)C1CC(NC(=O)c2cccc(CN3CCCC3)c2)C1. The van der Waals surface area contributed by atoms with E-state index in [4.69, 9.17) is 5.11 Å². The minimum absolute atomic E-state index is 0.0151. The number of nitrogens with one attached hydrogen (secondary N) is 1.